The van der Waals surface area contributed by atoms with Crippen molar-refractivity contribution in [3.63, 3.8) is 0 Å². The molecule has 0 spiro atoms. The average molecular weight is 263 g/mol. The highest BCUT2D eigenvalue weighted by molar-refractivity contribution is 5.94. The van der Waals surface area contributed by atoms with Crippen LogP contribution in [-0.4, -0.2) is 38.4 Å². The van der Waals surface area contributed by atoms with Gasteiger partial charge in [0.05, 0.1) is 6.10 Å². The van der Waals surface area contributed by atoms with Gasteiger partial charge in [-0.2, -0.15) is 0 Å². The summed E-state index contributed by atoms with van der Waals surface area (Å²) in [6, 6.07) is 8.05. The SMILES string of the molecule is COC(C)C(C)Nc1cccc(N2CCNC2=O)c1. The summed E-state index contributed by atoms with van der Waals surface area (Å²) in [6.07, 6.45) is 0.124. The minimum atomic E-state index is -0.0320. The Morgan fingerprint density at radius 3 is 2.84 bits per heavy atom. The summed E-state index contributed by atoms with van der Waals surface area (Å²) in [5.74, 6) is 0. The lowest BCUT2D eigenvalue weighted by Gasteiger charge is -2.22. The third kappa shape index (κ3) is 3.17. The van der Waals surface area contributed by atoms with Gasteiger partial charge in [-0.15, -0.1) is 0 Å². The van der Waals surface area contributed by atoms with Crippen molar-refractivity contribution in [3.05, 3.63) is 24.3 Å². The van der Waals surface area contributed by atoms with E-state index in [-0.39, 0.29) is 18.2 Å². The lowest BCUT2D eigenvalue weighted by molar-refractivity contribution is 0.106. The molecule has 1 aromatic rings. The molecule has 0 radical (unpaired) electrons. The first kappa shape index (κ1) is 13.7. The Labute approximate surface area is 113 Å². The second-order valence-corrected chi connectivity index (χ2v) is 4.81. The number of hydrogen-bond acceptors (Lipinski definition) is 3. The minimum Gasteiger partial charge on any atom is -0.380 e. The Balaban J connectivity index is 2.09. The fourth-order valence-corrected chi connectivity index (χ4v) is 2.07. The molecule has 0 aromatic heterocycles. The van der Waals surface area contributed by atoms with E-state index in [9.17, 15) is 4.79 Å². The zero-order valence-corrected chi connectivity index (χ0v) is 11.6. The van der Waals surface area contributed by atoms with Crippen LogP contribution in [0, 0.1) is 0 Å². The molecule has 19 heavy (non-hydrogen) atoms. The minimum absolute atomic E-state index is 0.0320. The highest BCUT2D eigenvalue weighted by atomic mass is 16.5. The topological polar surface area (TPSA) is 53.6 Å². The number of rotatable bonds is 5. The molecule has 0 saturated carbocycles. The number of carbonyl (C=O) groups is 1. The van der Waals surface area contributed by atoms with Crippen molar-refractivity contribution in [2.45, 2.75) is 26.0 Å². The Hall–Kier alpha value is -1.75. The molecule has 1 aliphatic heterocycles. The second kappa shape index (κ2) is 5.93. The van der Waals surface area contributed by atoms with E-state index in [0.29, 0.717) is 13.1 Å². The number of nitrogens with one attached hydrogen (secondary N) is 2. The molecule has 2 amide bonds. The molecule has 1 fully saturated rings. The van der Waals surface area contributed by atoms with E-state index >= 15 is 0 Å². The Morgan fingerprint density at radius 2 is 2.21 bits per heavy atom. The largest absolute Gasteiger partial charge is 0.380 e. The van der Waals surface area contributed by atoms with Crippen LogP contribution < -0.4 is 15.5 Å². The summed E-state index contributed by atoms with van der Waals surface area (Å²) >= 11 is 0. The van der Waals surface area contributed by atoms with Gasteiger partial charge in [-0.25, -0.2) is 4.79 Å². The predicted octanol–water partition coefficient (Wildman–Crippen LogP) is 2.05. The lowest BCUT2D eigenvalue weighted by atomic mass is 10.2. The molecule has 104 valence electrons. The number of carbonyl (C=O) groups excluding carboxylic acids is 1. The molecule has 2 rings (SSSR count). The van der Waals surface area contributed by atoms with E-state index in [1.54, 1.807) is 12.0 Å². The van der Waals surface area contributed by atoms with Gasteiger partial charge in [0.25, 0.3) is 0 Å². The zero-order chi connectivity index (χ0) is 13.8. The maximum absolute atomic E-state index is 11.6. The molecule has 1 saturated heterocycles. The van der Waals surface area contributed by atoms with Crippen LogP contribution in [0.4, 0.5) is 16.2 Å². The fourth-order valence-electron chi connectivity index (χ4n) is 2.07. The smallest absolute Gasteiger partial charge is 0.321 e. The standard InChI is InChI=1S/C14H21N3O2/c1-10(11(2)19-3)16-12-5-4-6-13(9-12)17-8-7-15-14(17)18/h4-6,9-11,16H,7-8H2,1-3H3,(H,15,18). The molecule has 1 aromatic carbocycles. The number of nitrogens with zero attached hydrogens (tertiary/aromatic N) is 1. The van der Waals surface area contributed by atoms with Crippen molar-refractivity contribution in [1.82, 2.24) is 5.32 Å². The van der Waals surface area contributed by atoms with Gasteiger partial charge < -0.3 is 15.4 Å². The average Bonchev–Trinajstić information content (AvgIpc) is 2.84. The summed E-state index contributed by atoms with van der Waals surface area (Å²) in [5, 5.41) is 6.19. The summed E-state index contributed by atoms with van der Waals surface area (Å²) in [4.78, 5) is 13.4. The van der Waals surface area contributed by atoms with E-state index < -0.39 is 0 Å². The molecule has 5 nitrogen and oxygen atoms in total. The van der Waals surface area contributed by atoms with Crippen LogP contribution in [0.5, 0.6) is 0 Å². The van der Waals surface area contributed by atoms with Crippen LogP contribution in [0.2, 0.25) is 0 Å². The number of urea groups is 1. The van der Waals surface area contributed by atoms with E-state index in [1.807, 2.05) is 31.2 Å². The Morgan fingerprint density at radius 1 is 1.42 bits per heavy atom. The summed E-state index contributed by atoms with van der Waals surface area (Å²) in [6.45, 7) is 5.51. The maximum Gasteiger partial charge on any atom is 0.321 e. The van der Waals surface area contributed by atoms with Gasteiger partial charge in [0, 0.05) is 37.6 Å². The van der Waals surface area contributed by atoms with Gasteiger partial charge in [0.15, 0.2) is 0 Å². The highest BCUT2D eigenvalue weighted by Gasteiger charge is 2.21. The number of hydrogen-bond donors (Lipinski definition) is 2. The molecule has 2 atom stereocenters. The number of anilines is 2. The van der Waals surface area contributed by atoms with Gasteiger partial charge in [0.2, 0.25) is 0 Å². The number of ether oxygens (including phenoxy) is 1. The monoisotopic (exact) mass is 263 g/mol. The molecular formula is C14H21N3O2. The van der Waals surface area contributed by atoms with Crippen LogP contribution in [0.3, 0.4) is 0 Å². The summed E-state index contributed by atoms with van der Waals surface area (Å²) < 4.78 is 5.29. The molecule has 5 heteroatoms. The fraction of sp³-hybridized carbons (Fsp3) is 0.500. The number of amides is 2. The highest BCUT2D eigenvalue weighted by Crippen LogP contribution is 2.21. The predicted molar refractivity (Wildman–Crippen MR) is 76.7 cm³/mol. The van der Waals surface area contributed by atoms with E-state index in [4.69, 9.17) is 4.74 Å². The first-order valence-electron chi connectivity index (χ1n) is 6.56. The van der Waals surface area contributed by atoms with Crippen LogP contribution in [-0.2, 0) is 4.74 Å². The van der Waals surface area contributed by atoms with Crippen molar-refractivity contribution in [2.75, 3.05) is 30.4 Å². The Bertz CT molecular complexity index is 450. The van der Waals surface area contributed by atoms with Gasteiger partial charge in [-0.05, 0) is 32.0 Å². The normalized spacial score (nSPS) is 18.1. The number of benzene rings is 1. The van der Waals surface area contributed by atoms with E-state index in [0.717, 1.165) is 11.4 Å². The van der Waals surface area contributed by atoms with E-state index in [1.165, 1.54) is 0 Å². The molecule has 0 aliphatic carbocycles. The molecule has 2 N–H and O–H groups in total. The lowest BCUT2D eigenvalue weighted by Crippen LogP contribution is -2.30. The third-order valence-electron chi connectivity index (χ3n) is 3.48. The quantitative estimate of drug-likeness (QED) is 0.855. The van der Waals surface area contributed by atoms with Crippen LogP contribution in [0.25, 0.3) is 0 Å². The molecule has 1 aliphatic rings. The van der Waals surface area contributed by atoms with Crippen LogP contribution in [0.1, 0.15) is 13.8 Å². The molecular weight excluding hydrogens is 242 g/mol. The van der Waals surface area contributed by atoms with Gasteiger partial charge in [-0.3, -0.25) is 4.90 Å². The van der Waals surface area contributed by atoms with Crippen molar-refractivity contribution in [3.8, 4) is 0 Å². The maximum atomic E-state index is 11.6. The van der Waals surface area contributed by atoms with Gasteiger partial charge in [0.1, 0.15) is 0 Å². The van der Waals surface area contributed by atoms with Gasteiger partial charge >= 0.3 is 6.03 Å². The second-order valence-electron chi connectivity index (χ2n) is 4.81. The van der Waals surface area contributed by atoms with Crippen molar-refractivity contribution < 1.29 is 9.53 Å². The first-order valence-corrected chi connectivity index (χ1v) is 6.56. The van der Waals surface area contributed by atoms with Crippen LogP contribution >= 0.6 is 0 Å². The molecule has 1 heterocycles. The number of methoxy groups -OCH3 is 1. The summed E-state index contributed by atoms with van der Waals surface area (Å²) in [7, 11) is 1.70. The summed E-state index contributed by atoms with van der Waals surface area (Å²) in [5.41, 5.74) is 1.91. The van der Waals surface area contributed by atoms with Crippen molar-refractivity contribution in [2.24, 2.45) is 0 Å². The zero-order valence-electron chi connectivity index (χ0n) is 11.6. The third-order valence-corrected chi connectivity index (χ3v) is 3.48. The molecule has 2 unspecified atom stereocenters. The Kier molecular flexibility index (Phi) is 4.27. The van der Waals surface area contributed by atoms with Crippen LogP contribution in [0.15, 0.2) is 24.3 Å². The van der Waals surface area contributed by atoms with Crippen molar-refractivity contribution in [1.29, 1.82) is 0 Å². The first-order chi connectivity index (χ1) is 9.11. The molecule has 0 bridgehead atoms. The van der Waals surface area contributed by atoms with Crippen molar-refractivity contribution >= 4 is 17.4 Å². The van der Waals surface area contributed by atoms with Gasteiger partial charge in [-0.1, -0.05) is 6.07 Å². The van der Waals surface area contributed by atoms with E-state index in [2.05, 4.69) is 17.6 Å².